The second-order valence-electron chi connectivity index (χ2n) is 8.02. The van der Waals surface area contributed by atoms with Gasteiger partial charge in [0.1, 0.15) is 12.4 Å². The zero-order valence-corrected chi connectivity index (χ0v) is 17.5. The number of carbonyl (C=O) groups is 2. The fourth-order valence-corrected chi connectivity index (χ4v) is 3.92. The molecule has 1 fully saturated rings. The van der Waals surface area contributed by atoms with E-state index in [1.807, 2.05) is 66.7 Å². The predicted octanol–water partition coefficient (Wildman–Crippen LogP) is 3.03. The van der Waals surface area contributed by atoms with Crippen molar-refractivity contribution in [1.82, 2.24) is 15.8 Å². The number of hydrogen-bond donors (Lipinski definition) is 3. The zero-order chi connectivity index (χ0) is 22.4. The standard InChI is InChI=1S/C25H25N3O4/c29-23(28-31)22-15-25(22,24(30)27-16-19-10-12-26-13-11-19)14-18-6-8-21(9-7-18)32-17-20-4-2-1-3-5-20/h1-13,22,31H,14-17H2,(H,27,30)(H,28,29)/t22-,25+/m1/s1. The van der Waals surface area contributed by atoms with Gasteiger partial charge in [-0.3, -0.25) is 19.8 Å². The van der Waals surface area contributed by atoms with Gasteiger partial charge in [0.05, 0.1) is 11.3 Å². The Labute approximate surface area is 186 Å². The summed E-state index contributed by atoms with van der Waals surface area (Å²) in [5, 5.41) is 12.0. The van der Waals surface area contributed by atoms with Crippen LogP contribution in [0, 0.1) is 11.3 Å². The van der Waals surface area contributed by atoms with Crippen molar-refractivity contribution in [2.45, 2.75) is 26.0 Å². The molecule has 3 N–H and O–H groups in total. The third kappa shape index (κ3) is 4.95. The molecule has 1 aliphatic carbocycles. The van der Waals surface area contributed by atoms with Crippen molar-refractivity contribution in [2.75, 3.05) is 0 Å². The van der Waals surface area contributed by atoms with Crippen LogP contribution in [0.1, 0.15) is 23.1 Å². The molecule has 0 unspecified atom stereocenters. The van der Waals surface area contributed by atoms with Crippen LogP contribution in [0.5, 0.6) is 5.75 Å². The number of amides is 2. The molecule has 0 aliphatic heterocycles. The normalized spacial score (nSPS) is 19.1. The number of hydroxylamine groups is 1. The van der Waals surface area contributed by atoms with Crippen molar-refractivity contribution in [3.63, 3.8) is 0 Å². The summed E-state index contributed by atoms with van der Waals surface area (Å²) in [4.78, 5) is 29.1. The lowest BCUT2D eigenvalue weighted by Crippen LogP contribution is -2.37. The molecule has 1 aromatic heterocycles. The minimum absolute atomic E-state index is 0.202. The maximum atomic E-state index is 13.0. The Balaban J connectivity index is 1.41. The summed E-state index contributed by atoms with van der Waals surface area (Å²) < 4.78 is 5.82. The smallest absolute Gasteiger partial charge is 0.247 e. The van der Waals surface area contributed by atoms with E-state index >= 15 is 0 Å². The molecule has 0 radical (unpaired) electrons. The Morgan fingerprint density at radius 3 is 2.38 bits per heavy atom. The Kier molecular flexibility index (Phi) is 6.47. The van der Waals surface area contributed by atoms with Gasteiger partial charge in [0.15, 0.2) is 0 Å². The number of carbonyl (C=O) groups excluding carboxylic acids is 2. The van der Waals surface area contributed by atoms with Crippen molar-refractivity contribution in [3.8, 4) is 5.75 Å². The van der Waals surface area contributed by atoms with Gasteiger partial charge in [-0.2, -0.15) is 0 Å². The number of nitrogens with one attached hydrogen (secondary N) is 2. The molecular weight excluding hydrogens is 406 g/mol. The number of nitrogens with zero attached hydrogens (tertiary/aromatic N) is 1. The fourth-order valence-electron chi connectivity index (χ4n) is 3.92. The van der Waals surface area contributed by atoms with E-state index in [4.69, 9.17) is 9.94 Å². The largest absolute Gasteiger partial charge is 0.489 e. The highest BCUT2D eigenvalue weighted by Crippen LogP contribution is 2.55. The number of aromatic nitrogens is 1. The average Bonchev–Trinajstić information content (AvgIpc) is 3.58. The number of benzene rings is 2. The number of pyridine rings is 1. The first-order chi connectivity index (χ1) is 15.6. The minimum atomic E-state index is -0.883. The number of rotatable bonds is 9. The monoisotopic (exact) mass is 431 g/mol. The molecule has 32 heavy (non-hydrogen) atoms. The number of ether oxygens (including phenoxy) is 1. The summed E-state index contributed by atoms with van der Waals surface area (Å²) in [6.45, 7) is 0.823. The Bertz CT molecular complexity index is 1060. The molecular formula is C25H25N3O4. The molecule has 1 saturated carbocycles. The highest BCUT2D eigenvalue weighted by molar-refractivity contribution is 5.95. The van der Waals surface area contributed by atoms with E-state index in [0.29, 0.717) is 26.0 Å². The molecule has 7 heteroatoms. The lowest BCUT2D eigenvalue weighted by molar-refractivity contribution is -0.135. The third-order valence-electron chi connectivity index (χ3n) is 5.85. The first-order valence-electron chi connectivity index (χ1n) is 10.5. The zero-order valence-electron chi connectivity index (χ0n) is 17.5. The van der Waals surface area contributed by atoms with Crippen LogP contribution in [-0.4, -0.2) is 22.0 Å². The maximum Gasteiger partial charge on any atom is 0.247 e. The van der Waals surface area contributed by atoms with Crippen LogP contribution in [0.2, 0.25) is 0 Å². The van der Waals surface area contributed by atoms with Crippen molar-refractivity contribution in [3.05, 3.63) is 95.8 Å². The lowest BCUT2D eigenvalue weighted by Gasteiger charge is -2.18. The van der Waals surface area contributed by atoms with E-state index in [9.17, 15) is 9.59 Å². The highest BCUT2D eigenvalue weighted by atomic mass is 16.5. The van der Waals surface area contributed by atoms with Crippen LogP contribution < -0.4 is 15.5 Å². The minimum Gasteiger partial charge on any atom is -0.489 e. The quantitative estimate of drug-likeness (QED) is 0.357. The van der Waals surface area contributed by atoms with E-state index in [1.54, 1.807) is 17.9 Å². The third-order valence-corrected chi connectivity index (χ3v) is 5.85. The molecule has 4 rings (SSSR count). The molecule has 1 aliphatic rings. The van der Waals surface area contributed by atoms with E-state index in [2.05, 4.69) is 10.3 Å². The molecule has 0 saturated heterocycles. The van der Waals surface area contributed by atoms with Gasteiger partial charge in [0.25, 0.3) is 0 Å². The van der Waals surface area contributed by atoms with Crippen LogP contribution in [0.3, 0.4) is 0 Å². The summed E-state index contributed by atoms with van der Waals surface area (Å²) in [5.41, 5.74) is 3.73. The van der Waals surface area contributed by atoms with Gasteiger partial charge in [-0.25, -0.2) is 5.48 Å². The van der Waals surface area contributed by atoms with Gasteiger partial charge < -0.3 is 10.1 Å². The van der Waals surface area contributed by atoms with Crippen LogP contribution in [0.4, 0.5) is 0 Å². The Morgan fingerprint density at radius 2 is 1.69 bits per heavy atom. The first kappa shape index (κ1) is 21.5. The molecule has 3 aromatic rings. The van der Waals surface area contributed by atoms with E-state index < -0.39 is 17.2 Å². The van der Waals surface area contributed by atoms with Gasteiger partial charge >= 0.3 is 0 Å². The van der Waals surface area contributed by atoms with E-state index in [-0.39, 0.29) is 5.91 Å². The van der Waals surface area contributed by atoms with Crippen molar-refractivity contribution in [1.29, 1.82) is 0 Å². The molecule has 7 nitrogen and oxygen atoms in total. The highest BCUT2D eigenvalue weighted by Gasteiger charge is 2.63. The average molecular weight is 431 g/mol. The molecule has 1 heterocycles. The van der Waals surface area contributed by atoms with Crippen molar-refractivity contribution in [2.24, 2.45) is 11.3 Å². The van der Waals surface area contributed by atoms with Gasteiger partial charge in [0, 0.05) is 18.9 Å². The molecule has 2 amide bonds. The predicted molar refractivity (Wildman–Crippen MR) is 117 cm³/mol. The van der Waals surface area contributed by atoms with Crippen molar-refractivity contribution < 1.29 is 19.5 Å². The van der Waals surface area contributed by atoms with Gasteiger partial charge in [-0.15, -0.1) is 0 Å². The first-order valence-corrected chi connectivity index (χ1v) is 10.5. The van der Waals surface area contributed by atoms with Gasteiger partial charge in [-0.1, -0.05) is 42.5 Å². The fraction of sp³-hybridized carbons (Fsp3) is 0.240. The van der Waals surface area contributed by atoms with Crippen LogP contribution in [0.15, 0.2) is 79.1 Å². The van der Waals surface area contributed by atoms with Crippen LogP contribution in [0.25, 0.3) is 0 Å². The molecule has 0 bridgehead atoms. The second-order valence-corrected chi connectivity index (χ2v) is 8.02. The summed E-state index contributed by atoms with van der Waals surface area (Å²) in [7, 11) is 0. The SMILES string of the molecule is O=C(NO)[C@H]1C[C@]1(Cc1ccc(OCc2ccccc2)cc1)C(=O)NCc1ccncc1. The van der Waals surface area contributed by atoms with E-state index in [0.717, 1.165) is 22.4 Å². The lowest BCUT2D eigenvalue weighted by atomic mass is 9.92. The second kappa shape index (κ2) is 9.62. The van der Waals surface area contributed by atoms with Gasteiger partial charge in [-0.05, 0) is 53.8 Å². The molecule has 0 spiro atoms. The summed E-state index contributed by atoms with van der Waals surface area (Å²) in [6, 6.07) is 21.1. The molecule has 164 valence electrons. The Morgan fingerprint density at radius 1 is 0.969 bits per heavy atom. The van der Waals surface area contributed by atoms with Crippen LogP contribution in [-0.2, 0) is 29.2 Å². The van der Waals surface area contributed by atoms with Gasteiger partial charge in [0.2, 0.25) is 11.8 Å². The summed E-state index contributed by atoms with van der Waals surface area (Å²) >= 11 is 0. The topological polar surface area (TPSA) is 101 Å². The van der Waals surface area contributed by atoms with Crippen LogP contribution >= 0.6 is 0 Å². The molecule has 2 aromatic carbocycles. The summed E-state index contributed by atoms with van der Waals surface area (Å²) in [6.07, 6.45) is 4.11. The molecule has 2 atom stereocenters. The number of hydrogen-bond acceptors (Lipinski definition) is 5. The summed E-state index contributed by atoms with van der Waals surface area (Å²) in [5.74, 6) is -0.577. The Hall–Kier alpha value is -3.71. The maximum absolute atomic E-state index is 13.0. The van der Waals surface area contributed by atoms with Crippen molar-refractivity contribution >= 4 is 11.8 Å². The van der Waals surface area contributed by atoms with E-state index in [1.165, 1.54) is 0 Å².